The molecule has 0 fully saturated rings. The van der Waals surface area contributed by atoms with E-state index in [2.05, 4.69) is 0 Å². The van der Waals surface area contributed by atoms with Crippen LogP contribution in [0.25, 0.3) is 0 Å². The van der Waals surface area contributed by atoms with Gasteiger partial charge in [0.15, 0.2) is 11.7 Å². The number of halogens is 6. The lowest BCUT2D eigenvalue weighted by Gasteiger charge is -2.26. The minimum Gasteiger partial charge on any atom is -0.294 e. The van der Waals surface area contributed by atoms with E-state index in [9.17, 15) is 31.1 Å². The van der Waals surface area contributed by atoms with Crippen molar-refractivity contribution in [2.24, 2.45) is 17.3 Å². The molecule has 1 nitrogen and oxygen atoms in total. The third-order valence-electron chi connectivity index (χ3n) is 3.22. The van der Waals surface area contributed by atoms with E-state index in [4.69, 9.17) is 0 Å². The van der Waals surface area contributed by atoms with Crippen LogP contribution in [-0.4, -0.2) is 18.1 Å². The molecule has 0 aromatic heterocycles. The van der Waals surface area contributed by atoms with Gasteiger partial charge in [-0.15, -0.1) is 0 Å². The van der Waals surface area contributed by atoms with E-state index in [1.54, 1.807) is 13.8 Å². The third kappa shape index (κ3) is 4.87. The first-order valence-corrected chi connectivity index (χ1v) is 5.56. The van der Waals surface area contributed by atoms with Gasteiger partial charge < -0.3 is 0 Å². The van der Waals surface area contributed by atoms with Crippen LogP contribution in [0, 0.1) is 17.3 Å². The monoisotopic (exact) mass is 290 g/mol. The van der Waals surface area contributed by atoms with Gasteiger partial charge in [-0.3, -0.25) is 4.79 Å². The van der Waals surface area contributed by atoms with Gasteiger partial charge in [0.25, 0.3) is 0 Å². The van der Waals surface area contributed by atoms with E-state index >= 15 is 0 Å². The Hall–Kier alpha value is -1.01. The zero-order valence-electron chi connectivity index (χ0n) is 11.0. The number of carbonyl (C=O) groups is 1. The highest BCUT2D eigenvalue weighted by atomic mass is 19.4. The molecule has 0 spiro atoms. The number of ketones is 1. The summed E-state index contributed by atoms with van der Waals surface area (Å²) in [6.07, 6.45) is -10.7. The molecular formula is C12H16F6O. The largest absolute Gasteiger partial charge is 0.403 e. The smallest absolute Gasteiger partial charge is 0.294 e. The van der Waals surface area contributed by atoms with Crippen LogP contribution in [-0.2, 0) is 4.79 Å². The van der Waals surface area contributed by atoms with Gasteiger partial charge in [0, 0.05) is 5.41 Å². The van der Waals surface area contributed by atoms with Gasteiger partial charge in [0.2, 0.25) is 0 Å². The molecule has 0 N–H and O–H groups in total. The van der Waals surface area contributed by atoms with Crippen LogP contribution in [0.4, 0.5) is 26.3 Å². The maximum absolute atomic E-state index is 12.2. The van der Waals surface area contributed by atoms with Crippen molar-refractivity contribution in [3.05, 3.63) is 12.2 Å². The van der Waals surface area contributed by atoms with Gasteiger partial charge in [-0.2, -0.15) is 26.3 Å². The van der Waals surface area contributed by atoms with Crippen LogP contribution >= 0.6 is 0 Å². The van der Waals surface area contributed by atoms with E-state index in [0.717, 1.165) is 0 Å². The van der Waals surface area contributed by atoms with Crippen molar-refractivity contribution in [3.8, 4) is 0 Å². The lowest BCUT2D eigenvalue weighted by Crippen LogP contribution is -2.35. The molecule has 19 heavy (non-hydrogen) atoms. The van der Waals surface area contributed by atoms with Gasteiger partial charge >= 0.3 is 12.4 Å². The average molecular weight is 290 g/mol. The van der Waals surface area contributed by atoms with Crippen LogP contribution in [0.3, 0.4) is 0 Å². The van der Waals surface area contributed by atoms with Crippen molar-refractivity contribution in [1.82, 2.24) is 0 Å². The Morgan fingerprint density at radius 1 is 0.947 bits per heavy atom. The summed E-state index contributed by atoms with van der Waals surface area (Å²) < 4.78 is 73.4. The number of carbonyl (C=O) groups excluding carboxylic acids is 1. The van der Waals surface area contributed by atoms with E-state index in [0.29, 0.717) is 6.08 Å². The van der Waals surface area contributed by atoms with Gasteiger partial charge in [0.1, 0.15) is 0 Å². The van der Waals surface area contributed by atoms with E-state index in [1.165, 1.54) is 13.8 Å². The lowest BCUT2D eigenvalue weighted by molar-refractivity contribution is -0.267. The molecule has 112 valence electrons. The molecule has 0 atom stereocenters. The maximum Gasteiger partial charge on any atom is 0.403 e. The van der Waals surface area contributed by atoms with Gasteiger partial charge in [-0.05, 0) is 12.0 Å². The Morgan fingerprint density at radius 2 is 1.32 bits per heavy atom. The molecule has 0 heterocycles. The lowest BCUT2D eigenvalue weighted by atomic mass is 9.77. The highest BCUT2D eigenvalue weighted by molar-refractivity contribution is 5.94. The van der Waals surface area contributed by atoms with E-state index < -0.39 is 29.5 Å². The van der Waals surface area contributed by atoms with Gasteiger partial charge in [-0.1, -0.05) is 33.8 Å². The van der Waals surface area contributed by atoms with Crippen LogP contribution in [0.5, 0.6) is 0 Å². The molecule has 0 saturated heterocycles. The summed E-state index contributed by atoms with van der Waals surface area (Å²) in [6, 6.07) is 0. The highest BCUT2D eigenvalue weighted by Crippen LogP contribution is 2.40. The Morgan fingerprint density at radius 3 is 1.58 bits per heavy atom. The van der Waals surface area contributed by atoms with Crippen molar-refractivity contribution in [2.75, 3.05) is 0 Å². The van der Waals surface area contributed by atoms with Crippen molar-refractivity contribution >= 4 is 5.78 Å². The van der Waals surface area contributed by atoms with Crippen molar-refractivity contribution < 1.29 is 31.1 Å². The Balaban J connectivity index is 5.19. The number of hydrogen-bond donors (Lipinski definition) is 0. The fraction of sp³-hybridized carbons (Fsp3) is 0.750. The molecule has 7 heteroatoms. The molecule has 0 aliphatic heterocycles. The normalized spacial score (nSPS) is 14.7. The second-order valence-corrected chi connectivity index (χ2v) is 5.16. The molecule has 0 aliphatic carbocycles. The third-order valence-corrected chi connectivity index (χ3v) is 3.22. The van der Waals surface area contributed by atoms with Crippen LogP contribution in [0.1, 0.15) is 27.7 Å². The summed E-state index contributed by atoms with van der Waals surface area (Å²) in [6.45, 7) is 6.27. The predicted octanol–water partition coefficient (Wildman–Crippen LogP) is 4.53. The van der Waals surface area contributed by atoms with Crippen LogP contribution in [0.15, 0.2) is 12.2 Å². The maximum atomic E-state index is 12.2. The average Bonchev–Trinajstić information content (AvgIpc) is 2.12. The predicted molar refractivity (Wildman–Crippen MR) is 58.4 cm³/mol. The molecule has 0 saturated carbocycles. The molecule has 0 aliphatic rings. The summed E-state index contributed by atoms with van der Waals surface area (Å²) in [4.78, 5) is 11.6. The summed E-state index contributed by atoms with van der Waals surface area (Å²) >= 11 is 0. The zero-order chi connectivity index (χ0) is 15.6. The SMILES string of the molecule is CC(C)C(C)(C)C(=O)/C=C\C(C(F)(F)F)C(F)(F)F. The number of rotatable bonds is 4. The summed E-state index contributed by atoms with van der Waals surface area (Å²) in [5.41, 5.74) is -1.02. The molecule has 0 radical (unpaired) electrons. The van der Waals surface area contributed by atoms with Crippen LogP contribution in [0.2, 0.25) is 0 Å². The Bertz CT molecular complexity index is 334. The number of alkyl halides is 6. The number of allylic oxidation sites excluding steroid dienone is 2. The quantitative estimate of drug-likeness (QED) is 0.549. The van der Waals surface area contributed by atoms with Gasteiger partial charge in [-0.25, -0.2) is 0 Å². The zero-order valence-corrected chi connectivity index (χ0v) is 11.0. The fourth-order valence-electron chi connectivity index (χ4n) is 1.09. The molecule has 0 unspecified atom stereocenters. The van der Waals surface area contributed by atoms with E-state index in [-0.39, 0.29) is 12.0 Å². The molecule has 0 bridgehead atoms. The fourth-order valence-corrected chi connectivity index (χ4v) is 1.09. The van der Waals surface area contributed by atoms with Crippen molar-refractivity contribution in [2.45, 2.75) is 40.0 Å². The molecular weight excluding hydrogens is 274 g/mol. The molecule has 0 amide bonds. The molecule has 0 aromatic carbocycles. The second kappa shape index (κ2) is 5.54. The van der Waals surface area contributed by atoms with Crippen molar-refractivity contribution in [1.29, 1.82) is 0 Å². The second-order valence-electron chi connectivity index (χ2n) is 5.16. The minimum atomic E-state index is -5.46. The van der Waals surface area contributed by atoms with Crippen molar-refractivity contribution in [3.63, 3.8) is 0 Å². The van der Waals surface area contributed by atoms with E-state index in [1.807, 2.05) is 0 Å². The summed E-state index contributed by atoms with van der Waals surface area (Å²) in [5, 5.41) is 0. The Kier molecular flexibility index (Phi) is 5.25. The standard InChI is InChI=1S/C12H16F6O/c1-7(2)10(3,4)9(19)6-5-8(11(13,14)15)12(16,17)18/h5-8H,1-4H3/b6-5-. The summed E-state index contributed by atoms with van der Waals surface area (Å²) in [7, 11) is 0. The first kappa shape index (κ1) is 18.0. The first-order chi connectivity index (χ1) is 8.20. The van der Waals surface area contributed by atoms with Gasteiger partial charge in [0.05, 0.1) is 0 Å². The molecule has 0 aromatic rings. The minimum absolute atomic E-state index is 0.119. The first-order valence-electron chi connectivity index (χ1n) is 5.56. The topological polar surface area (TPSA) is 17.1 Å². The van der Waals surface area contributed by atoms with Crippen LogP contribution < -0.4 is 0 Å². The Labute approximate surface area is 107 Å². The number of hydrogen-bond acceptors (Lipinski definition) is 1. The highest BCUT2D eigenvalue weighted by Gasteiger charge is 2.55. The molecule has 0 rings (SSSR count). The summed E-state index contributed by atoms with van der Waals surface area (Å²) in [5.74, 6) is -4.59.